The van der Waals surface area contributed by atoms with Gasteiger partial charge in [0.1, 0.15) is 11.9 Å². The van der Waals surface area contributed by atoms with Crippen LogP contribution in [0.2, 0.25) is 0 Å². The van der Waals surface area contributed by atoms with Crippen molar-refractivity contribution in [2.24, 2.45) is 0 Å². The van der Waals surface area contributed by atoms with Crippen LogP contribution in [0.5, 0.6) is 0 Å². The second kappa shape index (κ2) is 12.0. The van der Waals surface area contributed by atoms with E-state index in [0.29, 0.717) is 43.7 Å². The molecule has 42 heavy (non-hydrogen) atoms. The molecule has 3 aliphatic rings. The van der Waals surface area contributed by atoms with Crippen LogP contribution in [0, 0.1) is 17.1 Å². The number of fused-ring (bicyclic) bond motifs is 2. The Kier molecular flexibility index (Phi) is 8.02. The SMILES string of the molecule is C=C(CNCCC1(c2nn[nH]n2)c2ccc(F)cc2CCc2cc(C(=O)N3CCCCC3)ccc21)N1CCCC1C#N. The molecule has 218 valence electrons. The molecule has 6 rings (SSSR count). The summed E-state index contributed by atoms with van der Waals surface area (Å²) in [6, 6.07) is 13.2. The average Bonchev–Trinajstić information content (AvgIpc) is 3.72. The third-order valence-electron chi connectivity index (χ3n) is 9.19. The summed E-state index contributed by atoms with van der Waals surface area (Å²) in [5.41, 5.74) is 4.67. The van der Waals surface area contributed by atoms with Gasteiger partial charge in [-0.3, -0.25) is 4.79 Å². The first-order chi connectivity index (χ1) is 20.5. The Morgan fingerprint density at radius 1 is 1.10 bits per heavy atom. The summed E-state index contributed by atoms with van der Waals surface area (Å²) in [6.07, 6.45) is 6.96. The number of benzene rings is 2. The van der Waals surface area contributed by atoms with E-state index in [9.17, 15) is 14.4 Å². The van der Waals surface area contributed by atoms with E-state index in [1.165, 1.54) is 6.07 Å². The predicted molar refractivity (Wildman–Crippen MR) is 156 cm³/mol. The highest BCUT2D eigenvalue weighted by Gasteiger charge is 2.44. The second-order valence-electron chi connectivity index (χ2n) is 11.6. The summed E-state index contributed by atoms with van der Waals surface area (Å²) >= 11 is 0. The van der Waals surface area contributed by atoms with Gasteiger partial charge in [0, 0.05) is 37.4 Å². The third-order valence-corrected chi connectivity index (χ3v) is 9.19. The number of carbonyl (C=O) groups excluding carboxylic acids is 1. The van der Waals surface area contributed by atoms with Crippen LogP contribution < -0.4 is 5.32 Å². The quantitative estimate of drug-likeness (QED) is 0.397. The standard InChI is InChI=1S/C32H37FN8O/c1-22(41-17-5-6-27(41)20-34)21-35-14-13-32(31-36-38-39-37-31)28-11-9-25(30(42)40-15-3-2-4-16-40)18-23(28)7-8-24-19-26(33)10-12-29(24)32/h9-12,18-19,27,35H,1-8,13-17,21H2,(H,36,37,38,39). The minimum atomic E-state index is -0.814. The number of nitrogens with one attached hydrogen (secondary N) is 2. The molecule has 3 heterocycles. The molecular weight excluding hydrogens is 531 g/mol. The van der Waals surface area contributed by atoms with E-state index in [2.05, 4.69) is 43.5 Å². The molecule has 0 radical (unpaired) electrons. The Bertz CT molecular complexity index is 1490. The van der Waals surface area contributed by atoms with E-state index >= 15 is 0 Å². The maximum atomic E-state index is 14.6. The molecule has 3 aromatic rings. The van der Waals surface area contributed by atoms with Crippen molar-refractivity contribution in [1.29, 1.82) is 5.26 Å². The lowest BCUT2D eigenvalue weighted by Crippen LogP contribution is -2.38. The maximum absolute atomic E-state index is 14.6. The molecule has 1 amide bonds. The first kappa shape index (κ1) is 28.0. The number of H-pyrrole nitrogens is 1. The smallest absolute Gasteiger partial charge is 0.253 e. The largest absolute Gasteiger partial charge is 0.358 e. The van der Waals surface area contributed by atoms with Crippen molar-refractivity contribution in [2.45, 2.75) is 62.8 Å². The monoisotopic (exact) mass is 568 g/mol. The minimum Gasteiger partial charge on any atom is -0.358 e. The zero-order valence-electron chi connectivity index (χ0n) is 23.9. The highest BCUT2D eigenvalue weighted by molar-refractivity contribution is 5.94. The lowest BCUT2D eigenvalue weighted by molar-refractivity contribution is 0.0724. The van der Waals surface area contributed by atoms with Gasteiger partial charge in [-0.1, -0.05) is 23.9 Å². The number of hydrogen-bond acceptors (Lipinski definition) is 7. The van der Waals surface area contributed by atoms with E-state index in [4.69, 9.17) is 0 Å². The van der Waals surface area contributed by atoms with Gasteiger partial charge in [0.15, 0.2) is 5.82 Å². The lowest BCUT2D eigenvalue weighted by atomic mass is 9.69. The summed E-state index contributed by atoms with van der Waals surface area (Å²) in [5.74, 6) is 0.293. The fraction of sp³-hybridized carbons (Fsp3) is 0.469. The van der Waals surface area contributed by atoms with E-state index < -0.39 is 5.41 Å². The van der Waals surface area contributed by atoms with Crippen molar-refractivity contribution in [3.8, 4) is 6.07 Å². The van der Waals surface area contributed by atoms with E-state index in [1.807, 2.05) is 29.2 Å². The Hall–Kier alpha value is -4.10. The fourth-order valence-electron chi connectivity index (χ4n) is 7.08. The summed E-state index contributed by atoms with van der Waals surface area (Å²) in [4.78, 5) is 17.5. The van der Waals surface area contributed by atoms with Crippen LogP contribution in [0.15, 0.2) is 48.7 Å². The van der Waals surface area contributed by atoms with Gasteiger partial charge in [-0.2, -0.15) is 10.5 Å². The van der Waals surface area contributed by atoms with Crippen LogP contribution in [-0.4, -0.2) is 75.1 Å². The molecule has 1 aromatic heterocycles. The maximum Gasteiger partial charge on any atom is 0.253 e. The van der Waals surface area contributed by atoms with Crippen LogP contribution in [-0.2, 0) is 18.3 Å². The number of aryl methyl sites for hydroxylation is 2. The van der Waals surface area contributed by atoms with E-state index in [0.717, 1.165) is 79.7 Å². The number of tetrazole rings is 1. The molecule has 0 spiro atoms. The van der Waals surface area contributed by atoms with Gasteiger partial charge in [0.2, 0.25) is 0 Å². The van der Waals surface area contributed by atoms with Crippen LogP contribution in [0.4, 0.5) is 4.39 Å². The van der Waals surface area contributed by atoms with Crippen molar-refractivity contribution in [3.63, 3.8) is 0 Å². The number of amides is 1. The molecule has 2 aromatic carbocycles. The molecule has 0 saturated carbocycles. The van der Waals surface area contributed by atoms with Gasteiger partial charge in [-0.05, 0) is 104 Å². The van der Waals surface area contributed by atoms with Gasteiger partial charge in [-0.25, -0.2) is 4.39 Å². The highest BCUT2D eigenvalue weighted by atomic mass is 19.1. The molecule has 0 bridgehead atoms. The topological polar surface area (TPSA) is 114 Å². The normalized spacial score (nSPS) is 21.8. The summed E-state index contributed by atoms with van der Waals surface area (Å²) in [5, 5.41) is 28.6. The average molecular weight is 569 g/mol. The first-order valence-corrected chi connectivity index (χ1v) is 15.0. The second-order valence-corrected chi connectivity index (χ2v) is 11.6. The van der Waals surface area contributed by atoms with Crippen LogP contribution in [0.3, 0.4) is 0 Å². The van der Waals surface area contributed by atoms with Gasteiger partial charge >= 0.3 is 0 Å². The first-order valence-electron chi connectivity index (χ1n) is 15.0. The predicted octanol–water partition coefficient (Wildman–Crippen LogP) is 3.88. The number of aromatic nitrogens is 4. The van der Waals surface area contributed by atoms with Crippen LogP contribution in [0.25, 0.3) is 0 Å². The van der Waals surface area contributed by atoms with Crippen LogP contribution in [0.1, 0.15) is 77.0 Å². The van der Waals surface area contributed by atoms with Crippen molar-refractivity contribution < 1.29 is 9.18 Å². The van der Waals surface area contributed by atoms with Crippen molar-refractivity contribution in [3.05, 3.63) is 88.1 Å². The van der Waals surface area contributed by atoms with Gasteiger partial charge < -0.3 is 15.1 Å². The number of carbonyl (C=O) groups is 1. The van der Waals surface area contributed by atoms with Crippen molar-refractivity contribution in [1.82, 2.24) is 35.7 Å². The van der Waals surface area contributed by atoms with Crippen molar-refractivity contribution in [2.75, 3.05) is 32.7 Å². The number of halogens is 1. The van der Waals surface area contributed by atoms with Gasteiger partial charge in [0.25, 0.3) is 5.91 Å². The number of aromatic amines is 1. The molecule has 2 aliphatic heterocycles. The van der Waals surface area contributed by atoms with Crippen molar-refractivity contribution >= 4 is 5.91 Å². The molecular formula is C32H37FN8O. The number of likely N-dealkylation sites (tertiary alicyclic amines) is 2. The van der Waals surface area contributed by atoms with Gasteiger partial charge in [0.05, 0.1) is 11.5 Å². The number of nitriles is 1. The van der Waals surface area contributed by atoms with E-state index in [-0.39, 0.29) is 17.8 Å². The zero-order chi connectivity index (χ0) is 29.1. The Labute approximate surface area is 245 Å². The Morgan fingerprint density at radius 2 is 1.86 bits per heavy atom. The van der Waals surface area contributed by atoms with E-state index in [1.54, 1.807) is 6.07 Å². The number of piperidine rings is 1. The van der Waals surface area contributed by atoms with Gasteiger partial charge in [-0.15, -0.1) is 10.2 Å². The summed E-state index contributed by atoms with van der Waals surface area (Å²) in [6.45, 7) is 7.80. The molecule has 2 fully saturated rings. The fourth-order valence-corrected chi connectivity index (χ4v) is 7.08. The molecule has 9 nitrogen and oxygen atoms in total. The molecule has 2 saturated heterocycles. The zero-order valence-corrected chi connectivity index (χ0v) is 23.9. The molecule has 2 atom stereocenters. The minimum absolute atomic E-state index is 0.0632. The Morgan fingerprint density at radius 3 is 2.60 bits per heavy atom. The molecule has 1 aliphatic carbocycles. The summed E-state index contributed by atoms with van der Waals surface area (Å²) in [7, 11) is 0. The Balaban J connectivity index is 1.35. The number of nitrogens with zero attached hydrogens (tertiary/aromatic N) is 6. The third kappa shape index (κ3) is 5.18. The lowest BCUT2D eigenvalue weighted by Gasteiger charge is -2.34. The number of rotatable bonds is 8. The molecule has 2 unspecified atom stereocenters. The molecule has 2 N–H and O–H groups in total. The molecule has 10 heteroatoms. The highest BCUT2D eigenvalue weighted by Crippen LogP contribution is 2.46. The van der Waals surface area contributed by atoms with Crippen LogP contribution >= 0.6 is 0 Å². The number of hydrogen-bond donors (Lipinski definition) is 2. The summed E-state index contributed by atoms with van der Waals surface area (Å²) < 4.78 is 14.6.